The Bertz CT molecular complexity index is 467. The lowest BCUT2D eigenvalue weighted by molar-refractivity contribution is -0.386. The molecule has 1 aromatic heterocycles. The fourth-order valence-corrected chi connectivity index (χ4v) is 2.72. The number of halogens is 1. The molecule has 1 aliphatic rings. The normalized spacial score (nSPS) is 23.1. The topological polar surface area (TPSA) is 65.3 Å². The van der Waals surface area contributed by atoms with Gasteiger partial charge >= 0.3 is 5.69 Å². The molecule has 0 radical (unpaired) electrons. The standard InChI is InChI=1S/C13H17ClN2O3/c1-2-9-5-3-4-6-11(9)19-13-10(16(17)18)7-8-12(14)15-13/h7-9,11H,2-6H2,1H3. The summed E-state index contributed by atoms with van der Waals surface area (Å²) in [6, 6.07) is 2.75. The molecule has 0 aliphatic heterocycles. The van der Waals surface area contributed by atoms with Crippen molar-refractivity contribution < 1.29 is 9.66 Å². The van der Waals surface area contributed by atoms with Crippen molar-refractivity contribution in [2.75, 3.05) is 0 Å². The van der Waals surface area contributed by atoms with Gasteiger partial charge in [0.25, 0.3) is 5.88 Å². The third-order valence-corrected chi connectivity index (χ3v) is 3.84. The fourth-order valence-electron chi connectivity index (χ4n) is 2.58. The van der Waals surface area contributed by atoms with E-state index in [1.165, 1.54) is 18.6 Å². The molecule has 0 saturated heterocycles. The van der Waals surface area contributed by atoms with Gasteiger partial charge in [0.1, 0.15) is 11.3 Å². The Labute approximate surface area is 117 Å². The number of aromatic nitrogens is 1. The van der Waals surface area contributed by atoms with E-state index in [9.17, 15) is 10.1 Å². The van der Waals surface area contributed by atoms with Gasteiger partial charge in [0.15, 0.2) is 0 Å². The zero-order valence-corrected chi connectivity index (χ0v) is 11.6. The summed E-state index contributed by atoms with van der Waals surface area (Å²) in [4.78, 5) is 14.4. The number of nitro groups is 1. The molecule has 19 heavy (non-hydrogen) atoms. The number of hydrogen-bond acceptors (Lipinski definition) is 4. The first-order valence-corrected chi connectivity index (χ1v) is 6.97. The Morgan fingerprint density at radius 2 is 2.21 bits per heavy atom. The second-order valence-electron chi connectivity index (χ2n) is 4.82. The van der Waals surface area contributed by atoms with Crippen LogP contribution in [0.15, 0.2) is 12.1 Å². The minimum atomic E-state index is -0.484. The third-order valence-electron chi connectivity index (χ3n) is 3.63. The lowest BCUT2D eigenvalue weighted by Crippen LogP contribution is -2.30. The molecule has 0 amide bonds. The van der Waals surface area contributed by atoms with Crippen molar-refractivity contribution in [1.29, 1.82) is 0 Å². The van der Waals surface area contributed by atoms with Crippen LogP contribution in [-0.4, -0.2) is 16.0 Å². The van der Waals surface area contributed by atoms with Gasteiger partial charge in [-0.15, -0.1) is 0 Å². The molecule has 0 aromatic carbocycles. The van der Waals surface area contributed by atoms with Crippen molar-refractivity contribution in [3.63, 3.8) is 0 Å². The van der Waals surface area contributed by atoms with E-state index in [1.807, 2.05) is 0 Å². The molecule has 104 valence electrons. The highest BCUT2D eigenvalue weighted by molar-refractivity contribution is 6.29. The van der Waals surface area contributed by atoms with Crippen LogP contribution in [0.25, 0.3) is 0 Å². The van der Waals surface area contributed by atoms with Crippen LogP contribution >= 0.6 is 11.6 Å². The quantitative estimate of drug-likeness (QED) is 0.476. The maximum Gasteiger partial charge on any atom is 0.331 e. The molecular formula is C13H17ClN2O3. The third kappa shape index (κ3) is 3.35. The van der Waals surface area contributed by atoms with E-state index in [0.717, 1.165) is 25.7 Å². The summed E-state index contributed by atoms with van der Waals surface area (Å²) in [6.07, 6.45) is 5.33. The van der Waals surface area contributed by atoms with Crippen LogP contribution < -0.4 is 4.74 Å². The van der Waals surface area contributed by atoms with Crippen molar-refractivity contribution in [2.24, 2.45) is 5.92 Å². The Balaban J connectivity index is 2.21. The van der Waals surface area contributed by atoms with Crippen LogP contribution in [0.5, 0.6) is 5.88 Å². The molecule has 0 N–H and O–H groups in total. The molecule has 1 heterocycles. The predicted molar refractivity (Wildman–Crippen MR) is 72.6 cm³/mol. The van der Waals surface area contributed by atoms with Crippen LogP contribution in [0, 0.1) is 16.0 Å². The van der Waals surface area contributed by atoms with Gasteiger partial charge in [0.05, 0.1) is 4.92 Å². The van der Waals surface area contributed by atoms with Crippen molar-refractivity contribution in [2.45, 2.75) is 45.1 Å². The average molecular weight is 285 g/mol. The molecular weight excluding hydrogens is 268 g/mol. The second kappa shape index (κ2) is 6.19. The summed E-state index contributed by atoms with van der Waals surface area (Å²) in [5.74, 6) is 0.483. The van der Waals surface area contributed by atoms with E-state index < -0.39 is 4.92 Å². The molecule has 5 nitrogen and oxygen atoms in total. The first kappa shape index (κ1) is 14.1. The second-order valence-corrected chi connectivity index (χ2v) is 5.21. The van der Waals surface area contributed by atoms with E-state index in [0.29, 0.717) is 5.92 Å². The Morgan fingerprint density at radius 1 is 1.47 bits per heavy atom. The van der Waals surface area contributed by atoms with Gasteiger partial charge in [-0.2, -0.15) is 4.98 Å². The van der Waals surface area contributed by atoms with E-state index in [2.05, 4.69) is 11.9 Å². The summed E-state index contributed by atoms with van der Waals surface area (Å²) in [5, 5.41) is 11.2. The van der Waals surface area contributed by atoms with Gasteiger partial charge in [-0.3, -0.25) is 10.1 Å². The molecule has 1 fully saturated rings. The Morgan fingerprint density at radius 3 is 2.89 bits per heavy atom. The molecule has 2 rings (SSSR count). The van der Waals surface area contributed by atoms with Gasteiger partial charge in [0.2, 0.25) is 0 Å². The van der Waals surface area contributed by atoms with Crippen LogP contribution in [-0.2, 0) is 0 Å². The lowest BCUT2D eigenvalue weighted by Gasteiger charge is -2.30. The highest BCUT2D eigenvalue weighted by atomic mass is 35.5. The van der Waals surface area contributed by atoms with Gasteiger partial charge in [-0.1, -0.05) is 24.9 Å². The number of ether oxygens (including phenoxy) is 1. The number of rotatable bonds is 4. The van der Waals surface area contributed by atoms with Crippen LogP contribution in [0.1, 0.15) is 39.0 Å². The molecule has 0 bridgehead atoms. The predicted octanol–water partition coefficient (Wildman–Crippen LogP) is 3.99. The molecule has 6 heteroatoms. The van der Waals surface area contributed by atoms with Gasteiger partial charge < -0.3 is 4.74 Å². The van der Waals surface area contributed by atoms with Crippen molar-refractivity contribution in [1.82, 2.24) is 4.98 Å². The molecule has 2 unspecified atom stereocenters. The summed E-state index contributed by atoms with van der Waals surface area (Å²) in [5.41, 5.74) is -0.121. The smallest absolute Gasteiger partial charge is 0.331 e. The summed E-state index contributed by atoms with van der Waals surface area (Å²) in [7, 11) is 0. The summed E-state index contributed by atoms with van der Waals surface area (Å²) < 4.78 is 5.79. The van der Waals surface area contributed by atoms with E-state index in [4.69, 9.17) is 16.3 Å². The van der Waals surface area contributed by atoms with E-state index >= 15 is 0 Å². The maximum atomic E-state index is 11.0. The van der Waals surface area contributed by atoms with Crippen molar-refractivity contribution >= 4 is 17.3 Å². The van der Waals surface area contributed by atoms with Crippen molar-refractivity contribution in [3.8, 4) is 5.88 Å². The molecule has 1 aromatic rings. The molecule has 1 aliphatic carbocycles. The zero-order valence-electron chi connectivity index (χ0n) is 10.8. The zero-order chi connectivity index (χ0) is 13.8. The minimum absolute atomic E-state index is 0.00316. The number of pyridine rings is 1. The van der Waals surface area contributed by atoms with Gasteiger partial charge in [0, 0.05) is 6.07 Å². The largest absolute Gasteiger partial charge is 0.469 e. The van der Waals surface area contributed by atoms with Crippen LogP contribution in [0.2, 0.25) is 5.15 Å². The van der Waals surface area contributed by atoms with Crippen LogP contribution in [0.4, 0.5) is 5.69 Å². The van der Waals surface area contributed by atoms with Gasteiger partial charge in [-0.25, -0.2) is 0 Å². The average Bonchev–Trinajstić information content (AvgIpc) is 2.39. The first-order valence-electron chi connectivity index (χ1n) is 6.59. The maximum absolute atomic E-state index is 11.0. The van der Waals surface area contributed by atoms with E-state index in [-0.39, 0.29) is 22.8 Å². The van der Waals surface area contributed by atoms with Crippen LogP contribution in [0.3, 0.4) is 0 Å². The minimum Gasteiger partial charge on any atom is -0.469 e. The van der Waals surface area contributed by atoms with Crippen molar-refractivity contribution in [3.05, 3.63) is 27.4 Å². The summed E-state index contributed by atoms with van der Waals surface area (Å²) in [6.45, 7) is 2.12. The fraction of sp³-hybridized carbons (Fsp3) is 0.615. The monoisotopic (exact) mass is 284 g/mol. The summed E-state index contributed by atoms with van der Waals surface area (Å²) >= 11 is 5.80. The van der Waals surface area contributed by atoms with E-state index in [1.54, 1.807) is 0 Å². The highest BCUT2D eigenvalue weighted by Crippen LogP contribution is 2.33. The molecule has 1 saturated carbocycles. The highest BCUT2D eigenvalue weighted by Gasteiger charge is 2.28. The lowest BCUT2D eigenvalue weighted by atomic mass is 9.85. The first-order chi connectivity index (χ1) is 9.11. The Hall–Kier alpha value is -1.36. The SMILES string of the molecule is CCC1CCCCC1Oc1nc(Cl)ccc1[N+](=O)[O-]. The Kier molecular flexibility index (Phi) is 4.58. The number of nitrogens with zero attached hydrogens (tertiary/aromatic N) is 2. The number of hydrogen-bond donors (Lipinski definition) is 0. The molecule has 0 spiro atoms. The molecule has 2 atom stereocenters. The van der Waals surface area contributed by atoms with Gasteiger partial charge in [-0.05, 0) is 37.7 Å².